The van der Waals surface area contributed by atoms with Gasteiger partial charge in [-0.05, 0) is 44.5 Å². The van der Waals surface area contributed by atoms with Crippen molar-refractivity contribution in [2.24, 2.45) is 0 Å². The summed E-state index contributed by atoms with van der Waals surface area (Å²) < 4.78 is 5.29. The molecule has 0 saturated carbocycles. The quantitative estimate of drug-likeness (QED) is 0.715. The molecule has 0 aliphatic carbocycles. The lowest BCUT2D eigenvalue weighted by Gasteiger charge is -2.17. The molecule has 1 aromatic heterocycles. The Balaban J connectivity index is 1.89. The minimum Gasteiger partial charge on any atom is -0.495 e. The highest BCUT2D eigenvalue weighted by molar-refractivity contribution is 7.09. The molecule has 0 saturated heterocycles. The third-order valence-electron chi connectivity index (χ3n) is 3.72. The van der Waals surface area contributed by atoms with Gasteiger partial charge in [-0.15, -0.1) is 11.3 Å². The van der Waals surface area contributed by atoms with Crippen LogP contribution in [-0.4, -0.2) is 24.5 Å². The van der Waals surface area contributed by atoms with Crippen molar-refractivity contribution in [3.8, 4) is 5.75 Å². The maximum Gasteiger partial charge on any atom is 0.221 e. The molecule has 1 amide bonds. The lowest BCUT2D eigenvalue weighted by Crippen LogP contribution is -2.20. The minimum atomic E-state index is -0.107. The Morgan fingerprint density at radius 2 is 2.21 bits per heavy atom. The number of aryl methyl sites for hydroxylation is 2. The highest BCUT2D eigenvalue weighted by Crippen LogP contribution is 2.28. The molecule has 2 aromatic rings. The van der Waals surface area contributed by atoms with Crippen molar-refractivity contribution in [2.75, 3.05) is 19.0 Å². The van der Waals surface area contributed by atoms with Crippen molar-refractivity contribution >= 4 is 22.9 Å². The van der Waals surface area contributed by atoms with Gasteiger partial charge in [0.1, 0.15) is 5.75 Å². The van der Waals surface area contributed by atoms with E-state index in [0.29, 0.717) is 11.4 Å². The van der Waals surface area contributed by atoms with Gasteiger partial charge in [-0.1, -0.05) is 6.07 Å². The lowest BCUT2D eigenvalue weighted by atomic mass is 10.1. The van der Waals surface area contributed by atoms with E-state index in [9.17, 15) is 4.79 Å². The van der Waals surface area contributed by atoms with E-state index in [1.54, 1.807) is 18.4 Å². The van der Waals surface area contributed by atoms with Gasteiger partial charge in [0, 0.05) is 30.5 Å². The fraction of sp³-hybridized carbons (Fsp3) is 0.444. The van der Waals surface area contributed by atoms with Gasteiger partial charge in [-0.25, -0.2) is 4.98 Å². The van der Waals surface area contributed by atoms with Crippen LogP contribution in [0.5, 0.6) is 5.75 Å². The number of hydrogen-bond donors (Lipinski definition) is 2. The molecule has 0 radical (unpaired) electrons. The van der Waals surface area contributed by atoms with Gasteiger partial charge in [-0.2, -0.15) is 0 Å². The topological polar surface area (TPSA) is 63.2 Å². The molecule has 5 nitrogen and oxygen atoms in total. The summed E-state index contributed by atoms with van der Waals surface area (Å²) in [4.78, 5) is 15.8. The smallest absolute Gasteiger partial charge is 0.221 e. The SMILES string of the molecule is COc1ccc([C@H](C)NCCCc2nc(C)cs2)cc1NC(C)=O. The molecule has 0 aliphatic rings. The second-order valence-electron chi connectivity index (χ2n) is 5.80. The first-order valence-corrected chi connectivity index (χ1v) is 8.97. The molecule has 0 bridgehead atoms. The zero-order chi connectivity index (χ0) is 17.5. The number of hydrogen-bond acceptors (Lipinski definition) is 5. The molecule has 130 valence electrons. The van der Waals surface area contributed by atoms with Crippen molar-refractivity contribution in [2.45, 2.75) is 39.7 Å². The predicted molar refractivity (Wildman–Crippen MR) is 98.9 cm³/mol. The summed E-state index contributed by atoms with van der Waals surface area (Å²) in [6.45, 7) is 6.55. The summed E-state index contributed by atoms with van der Waals surface area (Å²) in [5.74, 6) is 0.560. The maximum absolute atomic E-state index is 11.3. The Labute approximate surface area is 147 Å². The van der Waals surface area contributed by atoms with E-state index in [2.05, 4.69) is 27.9 Å². The summed E-state index contributed by atoms with van der Waals surface area (Å²) in [5.41, 5.74) is 2.92. The first-order chi connectivity index (χ1) is 11.5. The highest BCUT2D eigenvalue weighted by Gasteiger charge is 2.10. The van der Waals surface area contributed by atoms with E-state index in [1.165, 1.54) is 11.9 Å². The van der Waals surface area contributed by atoms with Crippen LogP contribution in [0.4, 0.5) is 5.69 Å². The maximum atomic E-state index is 11.3. The van der Waals surface area contributed by atoms with Crippen LogP contribution in [0.3, 0.4) is 0 Å². The molecule has 6 heteroatoms. The van der Waals surface area contributed by atoms with Gasteiger partial charge in [0.2, 0.25) is 5.91 Å². The van der Waals surface area contributed by atoms with Gasteiger partial charge in [-0.3, -0.25) is 4.79 Å². The summed E-state index contributed by atoms with van der Waals surface area (Å²) in [5, 5.41) is 9.61. The largest absolute Gasteiger partial charge is 0.495 e. The van der Waals surface area contributed by atoms with Gasteiger partial charge < -0.3 is 15.4 Å². The van der Waals surface area contributed by atoms with E-state index in [4.69, 9.17) is 4.74 Å². The molecule has 1 atom stereocenters. The number of methoxy groups -OCH3 is 1. The molecule has 2 N–H and O–H groups in total. The van der Waals surface area contributed by atoms with E-state index in [-0.39, 0.29) is 11.9 Å². The second kappa shape index (κ2) is 8.80. The Kier molecular flexibility index (Phi) is 6.75. The van der Waals surface area contributed by atoms with Gasteiger partial charge in [0.25, 0.3) is 0 Å². The van der Waals surface area contributed by atoms with Crippen LogP contribution in [0.25, 0.3) is 0 Å². The number of benzene rings is 1. The zero-order valence-electron chi connectivity index (χ0n) is 14.7. The molecule has 0 spiro atoms. The van der Waals surface area contributed by atoms with Crippen LogP contribution in [0.1, 0.15) is 42.6 Å². The molecule has 0 unspecified atom stereocenters. The average Bonchev–Trinajstić information content (AvgIpc) is 2.96. The molecule has 0 fully saturated rings. The van der Waals surface area contributed by atoms with Crippen molar-refractivity contribution in [1.82, 2.24) is 10.3 Å². The zero-order valence-corrected chi connectivity index (χ0v) is 15.5. The summed E-state index contributed by atoms with van der Waals surface area (Å²) >= 11 is 1.72. The predicted octanol–water partition coefficient (Wildman–Crippen LogP) is 3.70. The second-order valence-corrected chi connectivity index (χ2v) is 6.75. The van der Waals surface area contributed by atoms with Crippen LogP contribution in [0.2, 0.25) is 0 Å². The van der Waals surface area contributed by atoms with Crippen LogP contribution in [0.15, 0.2) is 23.6 Å². The number of carbonyl (C=O) groups is 1. The number of carbonyl (C=O) groups excluding carboxylic acids is 1. The number of nitrogens with zero attached hydrogens (tertiary/aromatic N) is 1. The fourth-order valence-corrected chi connectivity index (χ4v) is 3.29. The number of ether oxygens (including phenoxy) is 1. The van der Waals surface area contributed by atoms with E-state index in [0.717, 1.165) is 30.6 Å². The van der Waals surface area contributed by atoms with Gasteiger partial charge in [0.05, 0.1) is 17.8 Å². The monoisotopic (exact) mass is 347 g/mol. The van der Waals surface area contributed by atoms with Crippen LogP contribution in [0, 0.1) is 6.92 Å². The van der Waals surface area contributed by atoms with Crippen LogP contribution < -0.4 is 15.4 Å². The number of rotatable bonds is 8. The molecule has 2 rings (SSSR count). The fourth-order valence-electron chi connectivity index (χ4n) is 2.48. The standard InChI is InChI=1S/C18H25N3O2S/c1-12-11-24-18(20-12)6-5-9-19-13(2)15-7-8-17(23-4)16(10-15)21-14(3)22/h7-8,10-11,13,19H,5-6,9H2,1-4H3,(H,21,22)/t13-/m0/s1. The Morgan fingerprint density at radius 3 is 2.83 bits per heavy atom. The van der Waals surface area contributed by atoms with Crippen molar-refractivity contribution in [3.05, 3.63) is 39.8 Å². The Morgan fingerprint density at radius 1 is 1.42 bits per heavy atom. The summed E-state index contributed by atoms with van der Waals surface area (Å²) in [7, 11) is 1.60. The van der Waals surface area contributed by atoms with E-state index < -0.39 is 0 Å². The number of nitrogens with one attached hydrogen (secondary N) is 2. The number of thiazole rings is 1. The van der Waals surface area contributed by atoms with Gasteiger partial charge in [0.15, 0.2) is 0 Å². The molecule has 1 heterocycles. The average molecular weight is 347 g/mol. The number of aromatic nitrogens is 1. The number of amides is 1. The molecule has 24 heavy (non-hydrogen) atoms. The summed E-state index contributed by atoms with van der Waals surface area (Å²) in [6.07, 6.45) is 2.05. The van der Waals surface area contributed by atoms with Crippen molar-refractivity contribution < 1.29 is 9.53 Å². The van der Waals surface area contributed by atoms with Crippen LogP contribution >= 0.6 is 11.3 Å². The normalized spacial score (nSPS) is 12.0. The number of anilines is 1. The summed E-state index contributed by atoms with van der Waals surface area (Å²) in [6, 6.07) is 6.06. The highest BCUT2D eigenvalue weighted by atomic mass is 32.1. The Bertz CT molecular complexity index is 685. The molecular formula is C18H25N3O2S. The lowest BCUT2D eigenvalue weighted by molar-refractivity contribution is -0.114. The molecule has 1 aromatic carbocycles. The van der Waals surface area contributed by atoms with Crippen molar-refractivity contribution in [1.29, 1.82) is 0 Å². The Hall–Kier alpha value is -1.92. The molecular weight excluding hydrogens is 322 g/mol. The van der Waals surface area contributed by atoms with Gasteiger partial charge >= 0.3 is 0 Å². The third-order valence-corrected chi connectivity index (χ3v) is 4.75. The van der Waals surface area contributed by atoms with E-state index in [1.807, 2.05) is 25.1 Å². The van der Waals surface area contributed by atoms with Crippen LogP contribution in [-0.2, 0) is 11.2 Å². The minimum absolute atomic E-state index is 0.107. The first kappa shape index (κ1) is 18.4. The van der Waals surface area contributed by atoms with E-state index >= 15 is 0 Å². The molecule has 0 aliphatic heterocycles. The third kappa shape index (κ3) is 5.32. The van der Waals surface area contributed by atoms with Crippen molar-refractivity contribution in [3.63, 3.8) is 0 Å². The first-order valence-electron chi connectivity index (χ1n) is 8.09.